The van der Waals surface area contributed by atoms with Crippen LogP contribution in [0.1, 0.15) is 30.4 Å². The van der Waals surface area contributed by atoms with Crippen LogP contribution in [0.4, 0.5) is 0 Å². The molecule has 0 aliphatic carbocycles. The van der Waals surface area contributed by atoms with Gasteiger partial charge in [-0.1, -0.05) is 18.2 Å². The van der Waals surface area contributed by atoms with Crippen molar-refractivity contribution in [1.82, 2.24) is 9.21 Å². The summed E-state index contributed by atoms with van der Waals surface area (Å²) in [7, 11) is -3.52. The van der Waals surface area contributed by atoms with Gasteiger partial charge in [0, 0.05) is 38.2 Å². The average molecular weight is 421 g/mol. The van der Waals surface area contributed by atoms with Gasteiger partial charge in [-0.15, -0.1) is 11.3 Å². The number of carbonyl (C=O) groups excluding carboxylic acids is 1. The van der Waals surface area contributed by atoms with Crippen molar-refractivity contribution < 1.29 is 17.9 Å². The Morgan fingerprint density at radius 1 is 1.14 bits per heavy atom. The Balaban J connectivity index is 1.48. The third-order valence-electron chi connectivity index (χ3n) is 5.25. The highest BCUT2D eigenvalue weighted by molar-refractivity contribution is 7.91. The highest BCUT2D eigenvalue weighted by atomic mass is 32.2. The predicted molar refractivity (Wildman–Crippen MR) is 108 cm³/mol. The van der Waals surface area contributed by atoms with Crippen LogP contribution in [-0.2, 0) is 27.8 Å². The maximum absolute atomic E-state index is 12.9. The van der Waals surface area contributed by atoms with Crippen molar-refractivity contribution >= 4 is 27.3 Å². The van der Waals surface area contributed by atoms with Crippen LogP contribution in [0.25, 0.3) is 0 Å². The number of likely N-dealkylation sites (tertiary alicyclic amines) is 1. The summed E-state index contributed by atoms with van der Waals surface area (Å²) in [5, 5.41) is 1.77. The van der Waals surface area contributed by atoms with Crippen LogP contribution < -0.4 is 4.74 Å². The van der Waals surface area contributed by atoms with Crippen LogP contribution >= 0.6 is 11.3 Å². The van der Waals surface area contributed by atoms with Crippen LogP contribution in [0.5, 0.6) is 5.75 Å². The third kappa shape index (κ3) is 4.09. The van der Waals surface area contributed by atoms with Crippen LogP contribution in [0.3, 0.4) is 0 Å². The van der Waals surface area contributed by atoms with Gasteiger partial charge in [0.2, 0.25) is 5.91 Å². The van der Waals surface area contributed by atoms with Gasteiger partial charge in [-0.25, -0.2) is 8.42 Å². The molecular formula is C20H24N2O4S2. The Morgan fingerprint density at radius 2 is 1.96 bits per heavy atom. The van der Waals surface area contributed by atoms with E-state index >= 15 is 0 Å². The zero-order valence-corrected chi connectivity index (χ0v) is 17.3. The fourth-order valence-electron chi connectivity index (χ4n) is 3.70. The van der Waals surface area contributed by atoms with E-state index in [1.54, 1.807) is 17.5 Å². The van der Waals surface area contributed by atoms with Crippen LogP contribution in [-0.4, -0.2) is 49.8 Å². The number of sulfonamides is 1. The normalized spacial score (nSPS) is 17.8. The number of fused-ring (bicyclic) bond motifs is 1. The summed E-state index contributed by atoms with van der Waals surface area (Å²) in [6.07, 6.45) is 3.32. The molecular weight excluding hydrogens is 396 g/mol. The second-order valence-corrected chi connectivity index (χ2v) is 10.3. The molecule has 3 heterocycles. The van der Waals surface area contributed by atoms with Gasteiger partial charge in [0.05, 0.1) is 0 Å². The predicted octanol–water partition coefficient (Wildman–Crippen LogP) is 2.89. The highest BCUT2D eigenvalue weighted by Crippen LogP contribution is 2.29. The molecule has 0 unspecified atom stereocenters. The fourth-order valence-corrected chi connectivity index (χ4v) is 6.24. The molecule has 2 aromatic rings. The number of nitrogens with zero attached hydrogens (tertiary/aromatic N) is 2. The van der Waals surface area contributed by atoms with Crippen molar-refractivity contribution in [2.75, 3.05) is 26.2 Å². The molecule has 0 atom stereocenters. The maximum atomic E-state index is 12.9. The summed E-state index contributed by atoms with van der Waals surface area (Å²) in [5.41, 5.74) is 1.88. The number of thiophene rings is 1. The van der Waals surface area contributed by atoms with E-state index in [1.807, 2.05) is 23.1 Å². The molecule has 0 radical (unpaired) electrons. The molecule has 2 aliphatic heterocycles. The van der Waals surface area contributed by atoms with Crippen molar-refractivity contribution in [1.29, 1.82) is 0 Å². The highest BCUT2D eigenvalue weighted by Gasteiger charge is 2.28. The van der Waals surface area contributed by atoms with E-state index in [0.717, 1.165) is 42.8 Å². The molecule has 0 spiro atoms. The number of ether oxygens (including phenoxy) is 1. The SMILES string of the molecule is O=C(CCc1ccc2c(c1)CN(S(=O)(=O)c1cccs1)CCO2)N1CCCC1. The van der Waals surface area contributed by atoms with Crippen molar-refractivity contribution in [3.63, 3.8) is 0 Å². The molecule has 0 bridgehead atoms. The first kappa shape index (κ1) is 19.4. The van der Waals surface area contributed by atoms with Crippen molar-refractivity contribution in [2.45, 2.75) is 36.4 Å². The van der Waals surface area contributed by atoms with Gasteiger partial charge in [0.15, 0.2) is 0 Å². The minimum Gasteiger partial charge on any atom is -0.492 e. The van der Waals surface area contributed by atoms with Crippen molar-refractivity contribution in [2.24, 2.45) is 0 Å². The van der Waals surface area contributed by atoms with Crippen LogP contribution in [0.15, 0.2) is 39.9 Å². The average Bonchev–Trinajstić information content (AvgIpc) is 3.37. The second-order valence-electron chi connectivity index (χ2n) is 7.15. The number of benzene rings is 1. The van der Waals surface area contributed by atoms with E-state index < -0.39 is 10.0 Å². The van der Waals surface area contributed by atoms with Crippen LogP contribution in [0, 0.1) is 0 Å². The van der Waals surface area contributed by atoms with Gasteiger partial charge >= 0.3 is 0 Å². The first-order valence-electron chi connectivity index (χ1n) is 9.60. The first-order chi connectivity index (χ1) is 13.5. The topological polar surface area (TPSA) is 66.9 Å². The number of rotatable bonds is 5. The van der Waals surface area contributed by atoms with Gasteiger partial charge in [-0.2, -0.15) is 4.31 Å². The van der Waals surface area contributed by atoms with Crippen LogP contribution in [0.2, 0.25) is 0 Å². The Bertz CT molecular complexity index is 935. The number of hydrogen-bond donors (Lipinski definition) is 0. The number of amides is 1. The lowest BCUT2D eigenvalue weighted by atomic mass is 10.0. The number of hydrogen-bond acceptors (Lipinski definition) is 5. The fraction of sp³-hybridized carbons (Fsp3) is 0.450. The Labute approximate surface area is 169 Å². The smallest absolute Gasteiger partial charge is 0.252 e. The van der Waals surface area contributed by atoms with Gasteiger partial charge in [-0.3, -0.25) is 4.79 Å². The molecule has 1 amide bonds. The first-order valence-corrected chi connectivity index (χ1v) is 11.9. The summed E-state index contributed by atoms with van der Waals surface area (Å²) in [5.74, 6) is 0.920. The second kappa shape index (κ2) is 8.23. The molecule has 6 nitrogen and oxygen atoms in total. The monoisotopic (exact) mass is 420 g/mol. The summed E-state index contributed by atoms with van der Waals surface area (Å²) >= 11 is 1.23. The summed E-state index contributed by atoms with van der Waals surface area (Å²) in [4.78, 5) is 14.2. The molecule has 1 aromatic carbocycles. The van der Waals surface area contributed by atoms with Gasteiger partial charge in [0.1, 0.15) is 16.6 Å². The Kier molecular flexibility index (Phi) is 5.70. The zero-order valence-electron chi connectivity index (χ0n) is 15.7. The lowest BCUT2D eigenvalue weighted by Gasteiger charge is -2.18. The molecule has 1 aromatic heterocycles. The minimum absolute atomic E-state index is 0.200. The van der Waals surface area contributed by atoms with E-state index in [9.17, 15) is 13.2 Å². The minimum atomic E-state index is -3.52. The Hall–Kier alpha value is -1.90. The molecule has 150 valence electrons. The molecule has 1 fully saturated rings. The molecule has 28 heavy (non-hydrogen) atoms. The van der Waals surface area contributed by atoms with Gasteiger partial charge in [0.25, 0.3) is 10.0 Å². The van der Waals surface area contributed by atoms with E-state index in [1.165, 1.54) is 15.6 Å². The number of carbonyl (C=O) groups is 1. The summed E-state index contributed by atoms with van der Waals surface area (Å²) < 4.78 is 33.4. The van der Waals surface area contributed by atoms with Gasteiger partial charge < -0.3 is 9.64 Å². The standard InChI is InChI=1S/C20H24N2O4S2/c23-19(21-9-1-2-10-21)8-6-16-5-7-18-17(14-16)15-22(11-12-26-18)28(24,25)20-4-3-13-27-20/h3-5,7,13-14H,1-2,6,8-12,15H2. The Morgan fingerprint density at radius 3 is 2.71 bits per heavy atom. The lowest BCUT2D eigenvalue weighted by molar-refractivity contribution is -0.130. The number of aryl methyl sites for hydroxylation is 1. The molecule has 0 saturated carbocycles. The van der Waals surface area contributed by atoms with E-state index in [0.29, 0.717) is 30.2 Å². The molecule has 8 heteroatoms. The maximum Gasteiger partial charge on any atom is 0.252 e. The largest absolute Gasteiger partial charge is 0.492 e. The molecule has 4 rings (SSSR count). The summed E-state index contributed by atoms with van der Waals surface area (Å²) in [6, 6.07) is 9.23. The quantitative estimate of drug-likeness (QED) is 0.746. The van der Waals surface area contributed by atoms with E-state index in [2.05, 4.69) is 0 Å². The van der Waals surface area contributed by atoms with E-state index in [4.69, 9.17) is 4.74 Å². The molecule has 0 N–H and O–H groups in total. The van der Waals surface area contributed by atoms with Gasteiger partial charge in [-0.05, 0) is 42.3 Å². The lowest BCUT2D eigenvalue weighted by Crippen LogP contribution is -2.32. The third-order valence-corrected chi connectivity index (χ3v) is 8.46. The summed E-state index contributed by atoms with van der Waals surface area (Å²) in [6.45, 7) is 2.66. The molecule has 1 saturated heterocycles. The molecule has 2 aliphatic rings. The zero-order chi connectivity index (χ0) is 19.6. The van der Waals surface area contributed by atoms with Crippen molar-refractivity contribution in [3.05, 3.63) is 46.8 Å². The van der Waals surface area contributed by atoms with Crippen molar-refractivity contribution in [3.8, 4) is 5.75 Å². The van der Waals surface area contributed by atoms with E-state index in [-0.39, 0.29) is 12.5 Å².